The highest BCUT2D eigenvalue weighted by Gasteiger charge is 1.95. The summed E-state index contributed by atoms with van der Waals surface area (Å²) >= 11 is 0. The Morgan fingerprint density at radius 1 is 1.56 bits per heavy atom. The van der Waals surface area contributed by atoms with Gasteiger partial charge in [-0.1, -0.05) is 18.2 Å². The molecular weight excluding hydrogens is 112 g/mol. The van der Waals surface area contributed by atoms with E-state index in [0.29, 0.717) is 6.42 Å². The van der Waals surface area contributed by atoms with Crippen LogP contribution in [0.5, 0.6) is 0 Å². The second-order valence-corrected chi connectivity index (χ2v) is 1.98. The van der Waals surface area contributed by atoms with Crippen molar-refractivity contribution >= 4 is 0 Å². The Morgan fingerprint density at radius 2 is 2.22 bits per heavy atom. The van der Waals surface area contributed by atoms with Gasteiger partial charge in [-0.25, -0.2) is 0 Å². The highest BCUT2D eigenvalue weighted by Crippen LogP contribution is 1.98. The average Bonchev–Trinajstić information content (AvgIpc) is 1.85. The fourth-order valence-electron chi connectivity index (χ4n) is 0.582. The molecule has 0 aliphatic heterocycles. The third-order valence-electron chi connectivity index (χ3n) is 1.08. The molecule has 0 saturated carbocycles. The molecule has 0 amide bonds. The Balaban J connectivity index is 3.25. The Bertz CT molecular complexity index is 94.7. The van der Waals surface area contributed by atoms with Gasteiger partial charge in [0.15, 0.2) is 0 Å². The smallest absolute Gasteiger partial charge is 0.0608 e. The van der Waals surface area contributed by atoms with Crippen LogP contribution in [0.3, 0.4) is 0 Å². The first kappa shape index (κ1) is 8.44. The molecule has 0 rings (SSSR count). The van der Waals surface area contributed by atoms with Crippen LogP contribution < -0.4 is 0 Å². The van der Waals surface area contributed by atoms with E-state index in [2.05, 4.69) is 6.58 Å². The lowest BCUT2D eigenvalue weighted by molar-refractivity contribution is 0.181. The molecule has 0 aliphatic rings. The van der Waals surface area contributed by atoms with Crippen molar-refractivity contribution in [2.24, 2.45) is 0 Å². The molecule has 0 spiro atoms. The zero-order valence-electron chi connectivity index (χ0n) is 5.88. The molecule has 1 N–H and O–H groups in total. The molecule has 9 heavy (non-hydrogen) atoms. The van der Waals surface area contributed by atoms with Crippen molar-refractivity contribution < 1.29 is 5.11 Å². The van der Waals surface area contributed by atoms with Crippen LogP contribution >= 0.6 is 0 Å². The van der Waals surface area contributed by atoms with Gasteiger partial charge < -0.3 is 5.11 Å². The predicted molar refractivity (Wildman–Crippen MR) is 40.3 cm³/mol. The van der Waals surface area contributed by atoms with E-state index in [-0.39, 0.29) is 6.10 Å². The van der Waals surface area contributed by atoms with E-state index in [0.717, 1.165) is 6.42 Å². The summed E-state index contributed by atoms with van der Waals surface area (Å²) < 4.78 is 0. The van der Waals surface area contributed by atoms with Gasteiger partial charge in [0, 0.05) is 0 Å². The molecule has 0 aromatic carbocycles. The normalized spacial score (nSPS) is 14.0. The third kappa shape index (κ3) is 5.31. The highest BCUT2D eigenvalue weighted by atomic mass is 16.3. The van der Waals surface area contributed by atoms with Gasteiger partial charge in [-0.2, -0.15) is 0 Å². The summed E-state index contributed by atoms with van der Waals surface area (Å²) in [6, 6.07) is 0. The summed E-state index contributed by atoms with van der Waals surface area (Å²) in [5.41, 5.74) is 0. The van der Waals surface area contributed by atoms with Crippen LogP contribution in [0, 0.1) is 0 Å². The Labute approximate surface area is 56.7 Å². The average molecular weight is 126 g/mol. The first-order valence-corrected chi connectivity index (χ1v) is 3.21. The number of rotatable bonds is 4. The van der Waals surface area contributed by atoms with Crippen LogP contribution in [0.15, 0.2) is 24.8 Å². The zero-order chi connectivity index (χ0) is 7.11. The molecular formula is C8H14O. The fourth-order valence-corrected chi connectivity index (χ4v) is 0.582. The van der Waals surface area contributed by atoms with Crippen LogP contribution in [0.2, 0.25) is 0 Å². The van der Waals surface area contributed by atoms with Gasteiger partial charge in [0.1, 0.15) is 0 Å². The monoisotopic (exact) mass is 126 g/mol. The molecule has 1 heteroatoms. The van der Waals surface area contributed by atoms with Crippen molar-refractivity contribution in [3.05, 3.63) is 24.8 Å². The van der Waals surface area contributed by atoms with Gasteiger partial charge in [-0.3, -0.25) is 0 Å². The number of aliphatic hydroxyl groups is 1. The molecule has 0 bridgehead atoms. The minimum Gasteiger partial charge on any atom is -0.392 e. The molecule has 0 radical (unpaired) electrons. The maximum atomic E-state index is 9.06. The van der Waals surface area contributed by atoms with Crippen molar-refractivity contribution in [2.45, 2.75) is 25.9 Å². The molecule has 0 aliphatic carbocycles. The topological polar surface area (TPSA) is 20.2 Å². The first-order valence-electron chi connectivity index (χ1n) is 3.21. The van der Waals surface area contributed by atoms with Crippen LogP contribution in [-0.2, 0) is 0 Å². The summed E-state index contributed by atoms with van der Waals surface area (Å²) in [4.78, 5) is 0. The van der Waals surface area contributed by atoms with Gasteiger partial charge in [0.25, 0.3) is 0 Å². The molecule has 1 nitrogen and oxygen atoms in total. The number of hydrogen-bond acceptors (Lipinski definition) is 1. The minimum absolute atomic E-state index is 0.237. The van der Waals surface area contributed by atoms with Crippen molar-refractivity contribution in [1.82, 2.24) is 0 Å². The summed E-state index contributed by atoms with van der Waals surface area (Å²) in [7, 11) is 0. The molecule has 0 saturated heterocycles. The lowest BCUT2D eigenvalue weighted by atomic mass is 10.2. The standard InChI is InChI=1S/C8H14O/c1-3-5-7-8(9)6-4-2/h3-5,8-9H,2,6-7H2,1H3/b5-3+. The predicted octanol–water partition coefficient (Wildman–Crippen LogP) is 1.89. The lowest BCUT2D eigenvalue weighted by Gasteiger charge is -2.01. The van der Waals surface area contributed by atoms with Crippen molar-refractivity contribution in [2.75, 3.05) is 0 Å². The minimum atomic E-state index is -0.237. The Morgan fingerprint density at radius 3 is 2.67 bits per heavy atom. The van der Waals surface area contributed by atoms with Crippen LogP contribution in [0.4, 0.5) is 0 Å². The van der Waals surface area contributed by atoms with Gasteiger partial charge in [0.05, 0.1) is 6.10 Å². The van der Waals surface area contributed by atoms with E-state index in [1.54, 1.807) is 6.08 Å². The Kier molecular flexibility index (Phi) is 5.23. The van der Waals surface area contributed by atoms with Gasteiger partial charge in [0.2, 0.25) is 0 Å². The molecule has 52 valence electrons. The number of hydrogen-bond donors (Lipinski definition) is 1. The SMILES string of the molecule is C=CCC(O)C/C=C/C. The maximum Gasteiger partial charge on any atom is 0.0608 e. The second kappa shape index (κ2) is 5.57. The number of aliphatic hydroxyl groups excluding tert-OH is 1. The molecule has 1 unspecified atom stereocenters. The third-order valence-corrected chi connectivity index (χ3v) is 1.08. The van der Waals surface area contributed by atoms with E-state index >= 15 is 0 Å². The maximum absolute atomic E-state index is 9.06. The van der Waals surface area contributed by atoms with E-state index in [9.17, 15) is 0 Å². The molecule has 0 heterocycles. The summed E-state index contributed by atoms with van der Waals surface area (Å²) in [5, 5.41) is 9.06. The molecule has 0 aromatic rings. The fraction of sp³-hybridized carbons (Fsp3) is 0.500. The summed E-state index contributed by atoms with van der Waals surface area (Å²) in [5.74, 6) is 0. The van der Waals surface area contributed by atoms with E-state index in [1.165, 1.54) is 0 Å². The van der Waals surface area contributed by atoms with Gasteiger partial charge in [-0.15, -0.1) is 6.58 Å². The quantitative estimate of drug-likeness (QED) is 0.570. The Hall–Kier alpha value is -0.560. The lowest BCUT2D eigenvalue weighted by Crippen LogP contribution is -2.01. The van der Waals surface area contributed by atoms with Crippen molar-refractivity contribution in [3.63, 3.8) is 0 Å². The zero-order valence-corrected chi connectivity index (χ0v) is 5.88. The van der Waals surface area contributed by atoms with Gasteiger partial charge in [-0.05, 0) is 19.8 Å². The summed E-state index contributed by atoms with van der Waals surface area (Å²) in [6.45, 7) is 5.47. The van der Waals surface area contributed by atoms with E-state index in [1.807, 2.05) is 19.1 Å². The van der Waals surface area contributed by atoms with Crippen molar-refractivity contribution in [1.29, 1.82) is 0 Å². The van der Waals surface area contributed by atoms with Crippen molar-refractivity contribution in [3.8, 4) is 0 Å². The number of allylic oxidation sites excluding steroid dienone is 1. The van der Waals surface area contributed by atoms with Gasteiger partial charge >= 0.3 is 0 Å². The van der Waals surface area contributed by atoms with Crippen LogP contribution in [0.25, 0.3) is 0 Å². The largest absolute Gasteiger partial charge is 0.392 e. The van der Waals surface area contributed by atoms with Crippen LogP contribution in [-0.4, -0.2) is 11.2 Å². The summed E-state index contributed by atoms with van der Waals surface area (Å²) in [6.07, 6.45) is 6.81. The van der Waals surface area contributed by atoms with E-state index < -0.39 is 0 Å². The molecule has 0 aromatic heterocycles. The highest BCUT2D eigenvalue weighted by molar-refractivity contribution is 4.83. The second-order valence-electron chi connectivity index (χ2n) is 1.98. The first-order chi connectivity index (χ1) is 4.31. The van der Waals surface area contributed by atoms with Crippen LogP contribution in [0.1, 0.15) is 19.8 Å². The molecule has 0 fully saturated rings. The molecule has 1 atom stereocenters. The van der Waals surface area contributed by atoms with E-state index in [4.69, 9.17) is 5.11 Å².